The number of imidazole rings is 1. The number of aromatic nitrogens is 2. The van der Waals surface area contributed by atoms with Crippen molar-refractivity contribution in [2.24, 2.45) is 12.8 Å². The van der Waals surface area contributed by atoms with E-state index in [4.69, 9.17) is 5.73 Å². The van der Waals surface area contributed by atoms with Crippen molar-refractivity contribution in [3.63, 3.8) is 0 Å². The predicted molar refractivity (Wildman–Crippen MR) is 70.8 cm³/mol. The summed E-state index contributed by atoms with van der Waals surface area (Å²) in [5.41, 5.74) is 5.74. The Labute approximate surface area is 108 Å². The molecule has 0 saturated heterocycles. The molecule has 0 aromatic carbocycles. The highest BCUT2D eigenvalue weighted by atomic mass is 16.1. The highest BCUT2D eigenvalue weighted by Crippen LogP contribution is 2.06. The number of aryl methyl sites for hydroxylation is 1. The summed E-state index contributed by atoms with van der Waals surface area (Å²) in [6.07, 6.45) is 4.10. The molecule has 6 nitrogen and oxygen atoms in total. The minimum atomic E-state index is 0.0354. The van der Waals surface area contributed by atoms with Crippen molar-refractivity contribution >= 4 is 5.91 Å². The fourth-order valence-corrected chi connectivity index (χ4v) is 1.80. The summed E-state index contributed by atoms with van der Waals surface area (Å²) in [5, 5.41) is 2.79. The first-order chi connectivity index (χ1) is 8.58. The molecule has 102 valence electrons. The molecule has 0 aliphatic heterocycles. The smallest absolute Gasteiger partial charge is 0.221 e. The Morgan fingerprint density at radius 1 is 1.67 bits per heavy atom. The van der Waals surface area contributed by atoms with Gasteiger partial charge in [-0.15, -0.1) is 0 Å². The minimum absolute atomic E-state index is 0.0354. The predicted octanol–water partition coefficient (Wildman–Crippen LogP) is -0.295. The van der Waals surface area contributed by atoms with E-state index in [1.165, 1.54) is 0 Å². The second kappa shape index (κ2) is 7.13. The van der Waals surface area contributed by atoms with Crippen molar-refractivity contribution < 1.29 is 4.79 Å². The molecule has 0 fully saturated rings. The largest absolute Gasteiger partial charge is 0.356 e. The van der Waals surface area contributed by atoms with E-state index in [0.29, 0.717) is 26.1 Å². The van der Waals surface area contributed by atoms with E-state index in [9.17, 15) is 4.79 Å². The van der Waals surface area contributed by atoms with Gasteiger partial charge in [0.15, 0.2) is 0 Å². The molecule has 1 atom stereocenters. The van der Waals surface area contributed by atoms with Crippen molar-refractivity contribution in [1.82, 2.24) is 19.8 Å². The van der Waals surface area contributed by atoms with Crippen LogP contribution in [0.2, 0.25) is 0 Å². The molecule has 1 aromatic heterocycles. The van der Waals surface area contributed by atoms with E-state index in [2.05, 4.69) is 15.2 Å². The Morgan fingerprint density at radius 2 is 2.39 bits per heavy atom. The molecule has 1 amide bonds. The normalized spacial score (nSPS) is 12.7. The summed E-state index contributed by atoms with van der Waals surface area (Å²) < 4.78 is 1.97. The molecule has 1 rings (SSSR count). The summed E-state index contributed by atoms with van der Waals surface area (Å²) >= 11 is 0. The topological polar surface area (TPSA) is 76.2 Å². The van der Waals surface area contributed by atoms with Crippen LogP contribution in [0.1, 0.15) is 19.2 Å². The van der Waals surface area contributed by atoms with Gasteiger partial charge < -0.3 is 15.6 Å². The number of hydrogen-bond donors (Lipinski definition) is 2. The van der Waals surface area contributed by atoms with E-state index >= 15 is 0 Å². The third kappa shape index (κ3) is 4.12. The van der Waals surface area contributed by atoms with Crippen molar-refractivity contribution in [1.29, 1.82) is 0 Å². The van der Waals surface area contributed by atoms with Gasteiger partial charge in [-0.3, -0.25) is 9.69 Å². The minimum Gasteiger partial charge on any atom is -0.356 e. The van der Waals surface area contributed by atoms with Gasteiger partial charge in [0.25, 0.3) is 0 Å². The zero-order valence-electron chi connectivity index (χ0n) is 11.4. The van der Waals surface area contributed by atoms with Crippen LogP contribution in [0.4, 0.5) is 0 Å². The molecule has 1 heterocycles. The number of hydrogen-bond acceptors (Lipinski definition) is 4. The monoisotopic (exact) mass is 253 g/mol. The van der Waals surface area contributed by atoms with Gasteiger partial charge in [-0.25, -0.2) is 4.98 Å². The summed E-state index contributed by atoms with van der Waals surface area (Å²) in [4.78, 5) is 17.9. The molecule has 0 bridgehead atoms. The van der Waals surface area contributed by atoms with E-state index < -0.39 is 0 Å². The number of carbonyl (C=O) groups is 1. The summed E-state index contributed by atoms with van der Waals surface area (Å²) in [7, 11) is 3.92. The number of nitrogens with two attached hydrogens (primary N) is 1. The Bertz CT molecular complexity index is 376. The fourth-order valence-electron chi connectivity index (χ4n) is 1.80. The van der Waals surface area contributed by atoms with Crippen molar-refractivity contribution in [3.05, 3.63) is 18.2 Å². The Morgan fingerprint density at radius 3 is 2.89 bits per heavy atom. The molecule has 0 aliphatic carbocycles. The van der Waals surface area contributed by atoms with Crippen LogP contribution in [0.25, 0.3) is 0 Å². The fraction of sp³-hybridized carbons (Fsp3) is 0.667. The van der Waals surface area contributed by atoms with Crippen LogP contribution in [-0.2, 0) is 18.4 Å². The van der Waals surface area contributed by atoms with Gasteiger partial charge in [-0.05, 0) is 14.0 Å². The molecule has 0 saturated carbocycles. The van der Waals surface area contributed by atoms with E-state index in [-0.39, 0.29) is 11.9 Å². The van der Waals surface area contributed by atoms with Gasteiger partial charge in [0.2, 0.25) is 5.91 Å². The van der Waals surface area contributed by atoms with Gasteiger partial charge in [-0.2, -0.15) is 0 Å². The van der Waals surface area contributed by atoms with Crippen LogP contribution >= 0.6 is 0 Å². The average molecular weight is 253 g/mol. The summed E-state index contributed by atoms with van der Waals surface area (Å²) in [5.74, 6) is 1.01. The van der Waals surface area contributed by atoms with Crippen LogP contribution in [0, 0.1) is 0 Å². The number of carbonyl (C=O) groups excluding carboxylic acids is 1. The highest BCUT2D eigenvalue weighted by molar-refractivity contribution is 5.76. The molecule has 6 heteroatoms. The first-order valence-electron chi connectivity index (χ1n) is 6.21. The standard InChI is InChI=1S/C12H23N5O/c1-4-14-12(18)7-10(8-13)17(3)9-11-15-5-6-16(11)2/h5-6,10H,4,7-9,13H2,1-3H3,(H,14,18). The molecular weight excluding hydrogens is 230 g/mol. The van der Waals surface area contributed by atoms with Crippen LogP contribution in [0.5, 0.6) is 0 Å². The highest BCUT2D eigenvalue weighted by Gasteiger charge is 2.18. The number of amides is 1. The van der Waals surface area contributed by atoms with E-state index in [1.807, 2.05) is 31.8 Å². The van der Waals surface area contributed by atoms with Crippen molar-refractivity contribution in [2.45, 2.75) is 25.9 Å². The summed E-state index contributed by atoms with van der Waals surface area (Å²) in [6.45, 7) is 3.70. The lowest BCUT2D eigenvalue weighted by Crippen LogP contribution is -2.41. The van der Waals surface area contributed by atoms with Crippen LogP contribution in [0.3, 0.4) is 0 Å². The van der Waals surface area contributed by atoms with Crippen LogP contribution in [0.15, 0.2) is 12.4 Å². The van der Waals surface area contributed by atoms with Crippen LogP contribution in [-0.4, -0.2) is 46.5 Å². The van der Waals surface area contributed by atoms with Crippen molar-refractivity contribution in [2.75, 3.05) is 20.1 Å². The van der Waals surface area contributed by atoms with Gasteiger partial charge in [0.1, 0.15) is 5.82 Å². The Kier molecular flexibility index (Phi) is 5.80. The lowest BCUT2D eigenvalue weighted by Gasteiger charge is -2.26. The zero-order chi connectivity index (χ0) is 13.5. The molecule has 0 spiro atoms. The third-order valence-electron chi connectivity index (χ3n) is 3.00. The van der Waals surface area contributed by atoms with Gasteiger partial charge >= 0.3 is 0 Å². The molecule has 18 heavy (non-hydrogen) atoms. The van der Waals surface area contributed by atoms with Gasteiger partial charge in [0, 0.05) is 45.0 Å². The van der Waals surface area contributed by atoms with E-state index in [1.54, 1.807) is 6.20 Å². The molecule has 0 aliphatic rings. The molecule has 0 radical (unpaired) electrons. The maximum atomic E-state index is 11.6. The average Bonchev–Trinajstić information content (AvgIpc) is 2.72. The number of nitrogens with zero attached hydrogens (tertiary/aromatic N) is 3. The first kappa shape index (κ1) is 14.7. The SMILES string of the molecule is CCNC(=O)CC(CN)N(C)Cc1nccn1C. The molecule has 1 aromatic rings. The zero-order valence-corrected chi connectivity index (χ0v) is 11.4. The second-order valence-corrected chi connectivity index (χ2v) is 4.42. The first-order valence-corrected chi connectivity index (χ1v) is 6.21. The number of likely N-dealkylation sites (N-methyl/N-ethyl adjacent to an activating group) is 1. The van der Waals surface area contributed by atoms with Crippen LogP contribution < -0.4 is 11.1 Å². The third-order valence-corrected chi connectivity index (χ3v) is 3.00. The number of rotatable bonds is 7. The number of nitrogens with one attached hydrogen (secondary N) is 1. The Hall–Kier alpha value is -1.40. The maximum Gasteiger partial charge on any atom is 0.221 e. The second-order valence-electron chi connectivity index (χ2n) is 4.42. The maximum absolute atomic E-state index is 11.6. The Balaban J connectivity index is 2.54. The molecule has 3 N–H and O–H groups in total. The summed E-state index contributed by atoms with van der Waals surface area (Å²) in [6, 6.07) is 0.0354. The van der Waals surface area contributed by atoms with E-state index in [0.717, 1.165) is 5.82 Å². The lowest BCUT2D eigenvalue weighted by molar-refractivity contribution is -0.122. The molecular formula is C12H23N5O. The quantitative estimate of drug-likeness (QED) is 0.700. The van der Waals surface area contributed by atoms with Gasteiger partial charge in [0.05, 0.1) is 6.54 Å². The van der Waals surface area contributed by atoms with Crippen molar-refractivity contribution in [3.8, 4) is 0 Å². The van der Waals surface area contributed by atoms with Gasteiger partial charge in [-0.1, -0.05) is 0 Å². The lowest BCUT2D eigenvalue weighted by atomic mass is 10.1. The molecule has 1 unspecified atom stereocenters.